The first-order valence-electron chi connectivity index (χ1n) is 4.34. The minimum atomic E-state index is -0.739. The lowest BCUT2D eigenvalue weighted by molar-refractivity contribution is -0.113. The van der Waals surface area contributed by atoms with Gasteiger partial charge in [-0.15, -0.1) is 4.91 Å². The first-order chi connectivity index (χ1) is 7.54. The van der Waals surface area contributed by atoms with Crippen molar-refractivity contribution in [1.82, 2.24) is 0 Å². The van der Waals surface area contributed by atoms with E-state index >= 15 is 0 Å². The molecule has 16 heavy (non-hydrogen) atoms. The molecule has 6 heteroatoms. The molecular weight excluding hydrogens is 276 g/mol. The Morgan fingerprint density at radius 1 is 1.38 bits per heavy atom. The van der Waals surface area contributed by atoms with Gasteiger partial charge >= 0.3 is 0 Å². The van der Waals surface area contributed by atoms with Crippen LogP contribution in [0.15, 0.2) is 45.4 Å². The SMILES string of the molecule is CC(O)=C(N=O)C(=O)Nc1ccc(Br)cc1. The summed E-state index contributed by atoms with van der Waals surface area (Å²) in [5.41, 5.74) is -0.0153. The van der Waals surface area contributed by atoms with Crippen LogP contribution in [0.1, 0.15) is 6.92 Å². The third kappa shape index (κ3) is 3.16. The van der Waals surface area contributed by atoms with Crippen molar-refractivity contribution in [2.24, 2.45) is 5.18 Å². The predicted molar refractivity (Wildman–Crippen MR) is 63.9 cm³/mol. The molecule has 0 saturated carbocycles. The summed E-state index contributed by atoms with van der Waals surface area (Å²) in [4.78, 5) is 21.7. The fraction of sp³-hybridized carbons (Fsp3) is 0.100. The minimum absolute atomic E-state index is 0.412. The van der Waals surface area contributed by atoms with Crippen LogP contribution in [0, 0.1) is 4.91 Å². The highest BCUT2D eigenvalue weighted by atomic mass is 79.9. The van der Waals surface area contributed by atoms with Gasteiger partial charge in [-0.25, -0.2) is 0 Å². The van der Waals surface area contributed by atoms with Crippen LogP contribution in [-0.2, 0) is 4.79 Å². The van der Waals surface area contributed by atoms with Crippen LogP contribution in [0.3, 0.4) is 0 Å². The maximum absolute atomic E-state index is 11.4. The highest BCUT2D eigenvalue weighted by molar-refractivity contribution is 9.10. The van der Waals surface area contributed by atoms with Crippen molar-refractivity contribution >= 4 is 27.5 Å². The summed E-state index contributed by atoms with van der Waals surface area (Å²) in [7, 11) is 0. The number of anilines is 1. The Labute approximate surface area is 100 Å². The quantitative estimate of drug-likeness (QED) is 0.509. The molecule has 5 nitrogen and oxygen atoms in total. The van der Waals surface area contributed by atoms with E-state index in [2.05, 4.69) is 26.4 Å². The van der Waals surface area contributed by atoms with Crippen LogP contribution in [0.4, 0.5) is 5.69 Å². The first kappa shape index (κ1) is 12.4. The topological polar surface area (TPSA) is 78.8 Å². The molecule has 0 radical (unpaired) electrons. The second-order valence-electron chi connectivity index (χ2n) is 2.99. The zero-order valence-corrected chi connectivity index (χ0v) is 9.98. The number of aliphatic hydroxyl groups is 1. The molecule has 0 aliphatic heterocycles. The number of nitrogens with zero attached hydrogens (tertiary/aromatic N) is 1. The third-order valence-corrected chi connectivity index (χ3v) is 2.28. The number of carbonyl (C=O) groups is 1. The number of hydrogen-bond donors (Lipinski definition) is 2. The van der Waals surface area contributed by atoms with E-state index in [4.69, 9.17) is 5.11 Å². The van der Waals surface area contributed by atoms with Gasteiger partial charge in [0.15, 0.2) is 0 Å². The fourth-order valence-electron chi connectivity index (χ4n) is 0.995. The van der Waals surface area contributed by atoms with Crippen LogP contribution in [0.2, 0.25) is 0 Å². The van der Waals surface area contributed by atoms with E-state index in [0.717, 1.165) is 4.47 Å². The lowest BCUT2D eigenvalue weighted by Gasteiger charge is -2.04. The maximum atomic E-state index is 11.4. The summed E-state index contributed by atoms with van der Waals surface area (Å²) in [6.45, 7) is 1.22. The van der Waals surface area contributed by atoms with Gasteiger partial charge in [0.2, 0.25) is 5.70 Å². The van der Waals surface area contributed by atoms with Gasteiger partial charge in [0.05, 0.1) is 0 Å². The molecule has 1 amide bonds. The van der Waals surface area contributed by atoms with Crippen LogP contribution < -0.4 is 5.32 Å². The van der Waals surface area contributed by atoms with Gasteiger partial charge in [-0.1, -0.05) is 15.9 Å². The molecule has 0 bridgehead atoms. The average molecular weight is 285 g/mol. The summed E-state index contributed by atoms with van der Waals surface area (Å²) in [5, 5.41) is 13.9. The smallest absolute Gasteiger partial charge is 0.281 e. The van der Waals surface area contributed by atoms with Gasteiger partial charge in [-0.2, -0.15) is 0 Å². The van der Waals surface area contributed by atoms with Crippen molar-refractivity contribution < 1.29 is 9.90 Å². The number of nitrogens with one attached hydrogen (secondary N) is 1. The molecule has 0 unspecified atom stereocenters. The minimum Gasteiger partial charge on any atom is -0.510 e. The van der Waals surface area contributed by atoms with Crippen LogP contribution in [0.5, 0.6) is 0 Å². The molecule has 0 aliphatic carbocycles. The van der Waals surface area contributed by atoms with E-state index in [0.29, 0.717) is 5.69 Å². The maximum Gasteiger partial charge on any atom is 0.281 e. The van der Waals surface area contributed by atoms with E-state index < -0.39 is 17.4 Å². The molecule has 1 rings (SSSR count). The number of hydrogen-bond acceptors (Lipinski definition) is 4. The highest BCUT2D eigenvalue weighted by Gasteiger charge is 2.13. The van der Waals surface area contributed by atoms with Gasteiger partial charge in [-0.3, -0.25) is 4.79 Å². The first-order valence-corrected chi connectivity index (χ1v) is 5.14. The van der Waals surface area contributed by atoms with E-state index in [1.165, 1.54) is 6.92 Å². The van der Waals surface area contributed by atoms with Gasteiger partial charge in [0, 0.05) is 10.2 Å². The summed E-state index contributed by atoms with van der Waals surface area (Å²) in [6.07, 6.45) is 0. The van der Waals surface area contributed by atoms with Crippen LogP contribution in [-0.4, -0.2) is 11.0 Å². The van der Waals surface area contributed by atoms with Crippen molar-refractivity contribution in [3.8, 4) is 0 Å². The Balaban J connectivity index is 2.83. The second kappa shape index (κ2) is 5.41. The van der Waals surface area contributed by atoms with Crippen molar-refractivity contribution in [3.05, 3.63) is 45.1 Å². The fourth-order valence-corrected chi connectivity index (χ4v) is 1.26. The number of amides is 1. The molecule has 0 atom stereocenters. The molecule has 84 valence electrons. The molecule has 0 aliphatic rings. The number of benzene rings is 1. The molecule has 0 fully saturated rings. The van der Waals surface area contributed by atoms with Crippen molar-refractivity contribution in [1.29, 1.82) is 0 Å². The molecule has 0 saturated heterocycles. The van der Waals surface area contributed by atoms with E-state index in [1.54, 1.807) is 24.3 Å². The predicted octanol–water partition coefficient (Wildman–Crippen LogP) is 2.94. The summed E-state index contributed by atoms with van der Waals surface area (Å²) in [5.74, 6) is -1.15. The van der Waals surface area contributed by atoms with E-state index in [-0.39, 0.29) is 0 Å². The molecule has 0 heterocycles. The zero-order valence-electron chi connectivity index (χ0n) is 8.40. The average Bonchev–Trinajstić information content (AvgIpc) is 2.22. The molecule has 1 aromatic rings. The second-order valence-corrected chi connectivity index (χ2v) is 3.90. The number of halogens is 1. The number of nitroso groups, excluding NO2 is 1. The zero-order chi connectivity index (χ0) is 12.1. The highest BCUT2D eigenvalue weighted by Crippen LogP contribution is 2.15. The number of allylic oxidation sites excluding steroid dienone is 1. The third-order valence-electron chi connectivity index (χ3n) is 1.75. The summed E-state index contributed by atoms with van der Waals surface area (Å²) >= 11 is 3.25. The summed E-state index contributed by atoms with van der Waals surface area (Å²) in [6, 6.07) is 6.77. The Morgan fingerprint density at radius 3 is 2.38 bits per heavy atom. The van der Waals surface area contributed by atoms with Gasteiger partial charge in [-0.05, 0) is 36.4 Å². The molecule has 0 spiro atoms. The lowest BCUT2D eigenvalue weighted by atomic mass is 10.3. The van der Waals surface area contributed by atoms with Crippen molar-refractivity contribution in [2.45, 2.75) is 6.92 Å². The van der Waals surface area contributed by atoms with Crippen LogP contribution in [0.25, 0.3) is 0 Å². The summed E-state index contributed by atoms with van der Waals surface area (Å²) < 4.78 is 0.869. The van der Waals surface area contributed by atoms with Gasteiger partial charge in [0.25, 0.3) is 5.91 Å². The Bertz CT molecular complexity index is 436. The largest absolute Gasteiger partial charge is 0.510 e. The van der Waals surface area contributed by atoms with E-state index in [1.807, 2.05) is 0 Å². The standard InChI is InChI=1S/C10H9BrN2O3/c1-6(14)9(13-16)10(15)12-8-4-2-7(11)3-5-8/h2-5,14H,1H3,(H,12,15). The van der Waals surface area contributed by atoms with Gasteiger partial charge in [0.1, 0.15) is 5.76 Å². The number of aliphatic hydroxyl groups excluding tert-OH is 1. The normalized spacial score (nSPS) is 11.6. The van der Waals surface area contributed by atoms with Crippen molar-refractivity contribution in [3.63, 3.8) is 0 Å². The van der Waals surface area contributed by atoms with E-state index in [9.17, 15) is 9.70 Å². The Hall–Kier alpha value is -1.69. The molecule has 2 N–H and O–H groups in total. The van der Waals surface area contributed by atoms with Crippen molar-refractivity contribution in [2.75, 3.05) is 5.32 Å². The molecule has 1 aromatic carbocycles. The molecule has 0 aromatic heterocycles. The Kier molecular flexibility index (Phi) is 4.19. The molecular formula is C10H9BrN2O3. The lowest BCUT2D eigenvalue weighted by Crippen LogP contribution is -2.14. The Morgan fingerprint density at radius 2 is 1.94 bits per heavy atom. The van der Waals surface area contributed by atoms with Crippen LogP contribution >= 0.6 is 15.9 Å². The number of rotatable bonds is 3. The monoisotopic (exact) mass is 284 g/mol. The van der Waals surface area contributed by atoms with Gasteiger partial charge < -0.3 is 10.4 Å². The number of carbonyl (C=O) groups excluding carboxylic acids is 1.